The van der Waals surface area contributed by atoms with Crippen molar-refractivity contribution >= 4 is 23.4 Å². The highest BCUT2D eigenvalue weighted by Crippen LogP contribution is 2.64. The van der Waals surface area contributed by atoms with Crippen LogP contribution in [0.2, 0.25) is 5.02 Å². The van der Waals surface area contributed by atoms with Crippen molar-refractivity contribution in [2.45, 2.75) is 49.4 Å². The van der Waals surface area contributed by atoms with Gasteiger partial charge in [-0.15, -0.1) is 0 Å². The zero-order chi connectivity index (χ0) is 20.2. The molecule has 4 fully saturated rings. The van der Waals surface area contributed by atoms with Gasteiger partial charge in [0.05, 0.1) is 0 Å². The van der Waals surface area contributed by atoms with E-state index in [1.165, 1.54) is 0 Å². The zero-order valence-corrected chi connectivity index (χ0v) is 15.8. The molecule has 2 amide bonds. The van der Waals surface area contributed by atoms with E-state index in [2.05, 4.69) is 5.32 Å². The molecule has 0 unspecified atom stereocenters. The minimum absolute atomic E-state index is 0.0461. The average molecular weight is 417 g/mol. The van der Waals surface area contributed by atoms with Crippen molar-refractivity contribution < 1.29 is 27.5 Å². The molecule has 1 atom stereocenters. The maximum absolute atomic E-state index is 12.6. The molecular weight excluding hydrogens is 397 g/mol. The lowest BCUT2D eigenvalue weighted by Gasteiger charge is -2.73. The van der Waals surface area contributed by atoms with E-state index < -0.39 is 18.5 Å². The van der Waals surface area contributed by atoms with E-state index in [1.54, 1.807) is 29.2 Å². The van der Waals surface area contributed by atoms with Gasteiger partial charge in [0.1, 0.15) is 5.75 Å². The van der Waals surface area contributed by atoms with E-state index in [0.717, 1.165) is 0 Å². The molecule has 9 heteroatoms. The number of alkyl halides is 3. The largest absolute Gasteiger partial charge is 0.484 e. The Hall–Kier alpha value is -1.96. The topological polar surface area (TPSA) is 58.6 Å². The highest BCUT2D eigenvalue weighted by Gasteiger charge is 2.72. The summed E-state index contributed by atoms with van der Waals surface area (Å²) in [4.78, 5) is 25.9. The average Bonchev–Trinajstić information content (AvgIpc) is 2.87. The maximum atomic E-state index is 12.6. The van der Waals surface area contributed by atoms with Crippen LogP contribution in [-0.2, 0) is 9.59 Å². The first-order valence-electron chi connectivity index (χ1n) is 9.15. The summed E-state index contributed by atoms with van der Waals surface area (Å²) in [6, 6.07) is 6.67. The Bertz CT molecular complexity index is 777. The summed E-state index contributed by atoms with van der Waals surface area (Å²) in [5.41, 5.74) is -0.732. The fraction of sp³-hybridized carbons (Fsp3) is 0.579. The standard InChI is InChI=1S/C19H20ClF3N2O3/c20-13-1-3-14(4-2-13)28-8-15(26)24-17-9-18(10-17,11-17)25-7-12(5-16(25)27)6-19(21,22)23/h1-4,12H,5-11H2,(H,24,26)/t12-,17?,18?/m0/s1. The quantitative estimate of drug-likeness (QED) is 0.774. The lowest BCUT2D eigenvalue weighted by molar-refractivity contribution is -0.188. The Kier molecular flexibility index (Phi) is 4.52. The van der Waals surface area contributed by atoms with E-state index in [9.17, 15) is 22.8 Å². The van der Waals surface area contributed by atoms with Crippen LogP contribution in [0.25, 0.3) is 0 Å². The first kappa shape index (κ1) is 19.4. The molecule has 0 radical (unpaired) electrons. The van der Waals surface area contributed by atoms with Crippen molar-refractivity contribution in [2.75, 3.05) is 13.2 Å². The molecule has 28 heavy (non-hydrogen) atoms. The molecule has 3 saturated carbocycles. The number of benzene rings is 1. The number of nitrogens with zero attached hydrogens (tertiary/aromatic N) is 1. The van der Waals surface area contributed by atoms with Crippen LogP contribution < -0.4 is 10.1 Å². The van der Waals surface area contributed by atoms with Crippen molar-refractivity contribution in [1.29, 1.82) is 0 Å². The molecule has 4 aliphatic rings. The number of amides is 2. The Labute approximate surface area is 165 Å². The van der Waals surface area contributed by atoms with Gasteiger partial charge in [-0.1, -0.05) is 11.6 Å². The van der Waals surface area contributed by atoms with Gasteiger partial charge >= 0.3 is 6.18 Å². The summed E-state index contributed by atoms with van der Waals surface area (Å²) >= 11 is 5.79. The smallest absolute Gasteiger partial charge is 0.389 e. The van der Waals surface area contributed by atoms with Crippen LogP contribution in [0.15, 0.2) is 24.3 Å². The molecule has 1 heterocycles. The van der Waals surface area contributed by atoms with Crippen LogP contribution in [0, 0.1) is 5.92 Å². The monoisotopic (exact) mass is 416 g/mol. The van der Waals surface area contributed by atoms with Gasteiger partial charge in [0.15, 0.2) is 6.61 Å². The molecule has 1 aromatic rings. The SMILES string of the molecule is O=C(COc1ccc(Cl)cc1)NC12CC(N3C[C@H](CC(F)(F)F)CC3=O)(C1)C2. The third-order valence-electron chi connectivity index (χ3n) is 5.89. The summed E-state index contributed by atoms with van der Waals surface area (Å²) in [6.07, 6.45) is -3.43. The highest BCUT2D eigenvalue weighted by molar-refractivity contribution is 6.30. The number of nitrogens with one attached hydrogen (secondary N) is 1. The summed E-state index contributed by atoms with van der Waals surface area (Å²) in [7, 11) is 0. The first-order valence-corrected chi connectivity index (χ1v) is 9.53. The number of ether oxygens (including phenoxy) is 1. The van der Waals surface area contributed by atoms with Crippen molar-refractivity contribution in [3.63, 3.8) is 0 Å². The number of carbonyl (C=O) groups excluding carboxylic acids is 2. The van der Waals surface area contributed by atoms with Crippen LogP contribution >= 0.6 is 11.6 Å². The lowest BCUT2D eigenvalue weighted by Crippen LogP contribution is -2.84. The van der Waals surface area contributed by atoms with Crippen LogP contribution in [0.1, 0.15) is 32.1 Å². The molecule has 5 rings (SSSR count). The van der Waals surface area contributed by atoms with E-state index in [-0.39, 0.29) is 42.5 Å². The maximum Gasteiger partial charge on any atom is 0.389 e. The molecule has 1 aliphatic heterocycles. The van der Waals surface area contributed by atoms with E-state index in [0.29, 0.717) is 30.0 Å². The van der Waals surface area contributed by atoms with Gasteiger partial charge in [0.25, 0.3) is 5.91 Å². The highest BCUT2D eigenvalue weighted by atomic mass is 35.5. The molecule has 1 aromatic carbocycles. The third-order valence-corrected chi connectivity index (χ3v) is 6.14. The Balaban J connectivity index is 1.24. The molecule has 152 valence electrons. The van der Waals surface area contributed by atoms with Gasteiger partial charge in [-0.25, -0.2) is 0 Å². The normalized spacial score (nSPS) is 31.2. The van der Waals surface area contributed by atoms with Crippen molar-refractivity contribution in [3.8, 4) is 5.75 Å². The summed E-state index contributed by atoms with van der Waals surface area (Å²) in [5.74, 6) is -0.599. The molecule has 5 nitrogen and oxygen atoms in total. The van der Waals surface area contributed by atoms with Gasteiger partial charge in [0.2, 0.25) is 5.91 Å². The molecule has 1 saturated heterocycles. The molecule has 0 spiro atoms. The number of likely N-dealkylation sites (tertiary alicyclic amines) is 1. The van der Waals surface area contributed by atoms with Crippen molar-refractivity contribution in [2.24, 2.45) is 5.92 Å². The molecule has 3 aliphatic carbocycles. The first-order chi connectivity index (χ1) is 13.1. The van der Waals surface area contributed by atoms with Crippen molar-refractivity contribution in [3.05, 3.63) is 29.3 Å². The summed E-state index contributed by atoms with van der Waals surface area (Å²) < 4.78 is 43.2. The zero-order valence-electron chi connectivity index (χ0n) is 15.0. The number of halogens is 4. The second kappa shape index (κ2) is 6.54. The van der Waals surface area contributed by atoms with E-state index in [4.69, 9.17) is 16.3 Å². The second-order valence-electron chi connectivity index (χ2n) is 8.22. The Morgan fingerprint density at radius 3 is 2.50 bits per heavy atom. The predicted octanol–water partition coefficient (Wildman–Crippen LogP) is 3.31. The van der Waals surface area contributed by atoms with Crippen LogP contribution in [0.5, 0.6) is 5.75 Å². The van der Waals surface area contributed by atoms with Gasteiger partial charge < -0.3 is 15.0 Å². The predicted molar refractivity (Wildman–Crippen MR) is 94.9 cm³/mol. The van der Waals surface area contributed by atoms with Gasteiger partial charge in [-0.2, -0.15) is 13.2 Å². The Morgan fingerprint density at radius 2 is 1.89 bits per heavy atom. The van der Waals surface area contributed by atoms with Gasteiger partial charge in [0, 0.05) is 35.5 Å². The molecule has 1 N–H and O–H groups in total. The Morgan fingerprint density at radius 1 is 1.25 bits per heavy atom. The van der Waals surface area contributed by atoms with E-state index >= 15 is 0 Å². The number of rotatable bonds is 6. The lowest BCUT2D eigenvalue weighted by atomic mass is 9.43. The van der Waals surface area contributed by atoms with Crippen LogP contribution in [0.3, 0.4) is 0 Å². The molecular formula is C19H20ClF3N2O3. The van der Waals surface area contributed by atoms with Gasteiger partial charge in [-0.3, -0.25) is 9.59 Å². The number of hydrogen-bond acceptors (Lipinski definition) is 3. The fourth-order valence-corrected chi connectivity index (χ4v) is 4.99. The van der Waals surface area contributed by atoms with Crippen molar-refractivity contribution in [1.82, 2.24) is 10.2 Å². The van der Waals surface area contributed by atoms with E-state index in [1.807, 2.05) is 0 Å². The summed E-state index contributed by atoms with van der Waals surface area (Å²) in [6.45, 7) is 0.0226. The minimum atomic E-state index is -4.25. The van der Waals surface area contributed by atoms with Crippen LogP contribution in [-0.4, -0.2) is 47.1 Å². The number of hydrogen-bond donors (Lipinski definition) is 1. The summed E-state index contributed by atoms with van der Waals surface area (Å²) in [5, 5.41) is 3.52. The van der Waals surface area contributed by atoms with Gasteiger partial charge in [-0.05, 0) is 49.4 Å². The molecule has 0 aromatic heterocycles. The second-order valence-corrected chi connectivity index (χ2v) is 8.66. The third kappa shape index (κ3) is 3.66. The minimum Gasteiger partial charge on any atom is -0.484 e. The number of carbonyl (C=O) groups is 2. The molecule has 2 bridgehead atoms. The fourth-order valence-electron chi connectivity index (χ4n) is 4.87. The van der Waals surface area contributed by atoms with Crippen LogP contribution in [0.4, 0.5) is 13.2 Å².